The van der Waals surface area contributed by atoms with Crippen LogP contribution in [0, 0.1) is 6.92 Å². The third-order valence-electron chi connectivity index (χ3n) is 5.80. The summed E-state index contributed by atoms with van der Waals surface area (Å²) >= 11 is 6.02. The van der Waals surface area contributed by atoms with Crippen molar-refractivity contribution in [3.63, 3.8) is 0 Å². The van der Waals surface area contributed by atoms with Gasteiger partial charge in [-0.05, 0) is 44.0 Å². The molecular formula is C24H32ClN3O3. The Morgan fingerprint density at radius 1 is 1.16 bits per heavy atom. The Morgan fingerprint density at radius 2 is 1.90 bits per heavy atom. The van der Waals surface area contributed by atoms with Gasteiger partial charge in [0.05, 0.1) is 20.3 Å². The van der Waals surface area contributed by atoms with Crippen molar-refractivity contribution in [3.05, 3.63) is 58.1 Å². The maximum Gasteiger partial charge on any atom is 0.237 e. The molecule has 2 atom stereocenters. The lowest BCUT2D eigenvalue weighted by molar-refractivity contribution is -0.125. The van der Waals surface area contributed by atoms with Crippen LogP contribution < -0.4 is 20.1 Å². The molecule has 1 aliphatic rings. The maximum atomic E-state index is 12.7. The first-order valence-corrected chi connectivity index (χ1v) is 11.0. The topological polar surface area (TPSA) is 62.8 Å². The smallest absolute Gasteiger partial charge is 0.237 e. The Balaban J connectivity index is 1.70. The lowest BCUT2D eigenvalue weighted by Gasteiger charge is -2.23. The zero-order chi connectivity index (χ0) is 22.4. The minimum absolute atomic E-state index is 0.0821. The Bertz CT molecular complexity index is 888. The molecule has 0 radical (unpaired) electrons. The minimum Gasteiger partial charge on any atom is -0.496 e. The summed E-state index contributed by atoms with van der Waals surface area (Å²) in [6, 6.07) is 11.9. The number of hydrogen-bond acceptors (Lipinski definition) is 5. The number of rotatable bonds is 9. The third kappa shape index (κ3) is 5.70. The Morgan fingerprint density at radius 3 is 2.55 bits per heavy atom. The van der Waals surface area contributed by atoms with Crippen LogP contribution in [0.5, 0.6) is 11.5 Å². The van der Waals surface area contributed by atoms with Crippen molar-refractivity contribution in [2.75, 3.05) is 27.3 Å². The zero-order valence-electron chi connectivity index (χ0n) is 18.7. The van der Waals surface area contributed by atoms with Crippen LogP contribution in [0.2, 0.25) is 5.02 Å². The number of benzene rings is 2. The van der Waals surface area contributed by atoms with Crippen LogP contribution >= 0.6 is 11.6 Å². The summed E-state index contributed by atoms with van der Waals surface area (Å²) in [7, 11) is 3.34. The van der Waals surface area contributed by atoms with E-state index in [4.69, 9.17) is 21.1 Å². The van der Waals surface area contributed by atoms with E-state index in [1.807, 2.05) is 50.2 Å². The van der Waals surface area contributed by atoms with Gasteiger partial charge in [-0.2, -0.15) is 0 Å². The van der Waals surface area contributed by atoms with E-state index in [0.717, 1.165) is 41.2 Å². The van der Waals surface area contributed by atoms with E-state index in [2.05, 4.69) is 15.5 Å². The molecule has 0 unspecified atom stereocenters. The molecule has 1 saturated heterocycles. The standard InChI is InChI=1S/C24H32ClN3O3/c1-5-26-24(29)21-12-20(15-28(21)14-17-6-9-19(25)10-7-17)27-13-18-8-11-22(30-3)16(2)23(18)31-4/h6-11,20-21,27H,5,12-15H2,1-4H3,(H,26,29)/t20-,21-/m0/s1. The second-order valence-electron chi connectivity index (χ2n) is 7.87. The Labute approximate surface area is 189 Å². The predicted octanol–water partition coefficient (Wildman–Crippen LogP) is 3.53. The van der Waals surface area contributed by atoms with Crippen molar-refractivity contribution >= 4 is 17.5 Å². The van der Waals surface area contributed by atoms with Gasteiger partial charge in [0.25, 0.3) is 0 Å². The van der Waals surface area contributed by atoms with E-state index >= 15 is 0 Å². The van der Waals surface area contributed by atoms with Crippen LogP contribution in [0.3, 0.4) is 0 Å². The molecule has 0 aliphatic carbocycles. The molecule has 2 N–H and O–H groups in total. The molecule has 0 bridgehead atoms. The normalized spacial score (nSPS) is 18.7. The fourth-order valence-corrected chi connectivity index (χ4v) is 4.37. The van der Waals surface area contributed by atoms with Crippen molar-refractivity contribution in [1.82, 2.24) is 15.5 Å². The number of nitrogens with one attached hydrogen (secondary N) is 2. The summed E-state index contributed by atoms with van der Waals surface area (Å²) in [6.07, 6.45) is 0.761. The van der Waals surface area contributed by atoms with E-state index in [1.54, 1.807) is 14.2 Å². The quantitative estimate of drug-likeness (QED) is 0.618. The van der Waals surface area contributed by atoms with Gasteiger partial charge in [-0.25, -0.2) is 0 Å². The van der Waals surface area contributed by atoms with E-state index in [-0.39, 0.29) is 18.0 Å². The predicted molar refractivity (Wildman–Crippen MR) is 124 cm³/mol. The van der Waals surface area contributed by atoms with Crippen LogP contribution in [0.4, 0.5) is 0 Å². The van der Waals surface area contributed by atoms with Gasteiger partial charge in [-0.1, -0.05) is 29.8 Å². The Hall–Kier alpha value is -2.28. The monoisotopic (exact) mass is 445 g/mol. The van der Waals surface area contributed by atoms with Gasteiger partial charge in [0.2, 0.25) is 5.91 Å². The van der Waals surface area contributed by atoms with Gasteiger partial charge in [0, 0.05) is 48.4 Å². The molecule has 2 aromatic rings. The first kappa shape index (κ1) is 23.4. The summed E-state index contributed by atoms with van der Waals surface area (Å²) in [5.74, 6) is 1.73. The summed E-state index contributed by atoms with van der Waals surface area (Å²) < 4.78 is 11.0. The summed E-state index contributed by atoms with van der Waals surface area (Å²) in [5.41, 5.74) is 3.21. The van der Waals surface area contributed by atoms with Crippen molar-refractivity contribution in [1.29, 1.82) is 0 Å². The number of nitrogens with zero attached hydrogens (tertiary/aromatic N) is 1. The van der Waals surface area contributed by atoms with Crippen LogP contribution in [-0.2, 0) is 17.9 Å². The lowest BCUT2D eigenvalue weighted by atomic mass is 10.1. The molecule has 7 heteroatoms. The molecule has 1 amide bonds. The van der Waals surface area contributed by atoms with Crippen LogP contribution in [-0.4, -0.2) is 50.2 Å². The minimum atomic E-state index is -0.160. The number of amides is 1. The van der Waals surface area contributed by atoms with Crippen LogP contribution in [0.25, 0.3) is 0 Å². The number of hydrogen-bond donors (Lipinski definition) is 2. The second-order valence-corrected chi connectivity index (χ2v) is 8.30. The van der Waals surface area contributed by atoms with E-state index in [1.165, 1.54) is 0 Å². The van der Waals surface area contributed by atoms with Gasteiger partial charge < -0.3 is 20.1 Å². The number of methoxy groups -OCH3 is 2. The first-order valence-electron chi connectivity index (χ1n) is 10.7. The summed E-state index contributed by atoms with van der Waals surface area (Å²) in [5, 5.41) is 7.32. The number of likely N-dealkylation sites (N-methyl/N-ethyl adjacent to an activating group) is 1. The van der Waals surface area contributed by atoms with Gasteiger partial charge in [-0.3, -0.25) is 9.69 Å². The molecular weight excluding hydrogens is 414 g/mol. The number of carbonyl (C=O) groups is 1. The van der Waals surface area contributed by atoms with Gasteiger partial charge in [-0.15, -0.1) is 0 Å². The van der Waals surface area contributed by atoms with E-state index in [0.29, 0.717) is 24.7 Å². The highest BCUT2D eigenvalue weighted by Gasteiger charge is 2.36. The fourth-order valence-electron chi connectivity index (χ4n) is 4.24. The van der Waals surface area contributed by atoms with Crippen molar-refractivity contribution in [3.8, 4) is 11.5 Å². The number of ether oxygens (including phenoxy) is 2. The average Bonchev–Trinajstić information content (AvgIpc) is 3.17. The van der Waals surface area contributed by atoms with E-state index in [9.17, 15) is 4.79 Å². The molecule has 0 saturated carbocycles. The molecule has 1 fully saturated rings. The number of halogens is 1. The fraction of sp³-hybridized carbons (Fsp3) is 0.458. The molecule has 1 heterocycles. The summed E-state index contributed by atoms with van der Waals surface area (Å²) in [6.45, 7) is 6.74. The zero-order valence-corrected chi connectivity index (χ0v) is 19.5. The SMILES string of the molecule is CCNC(=O)[C@@H]1C[C@H](NCc2ccc(OC)c(C)c2OC)CN1Cc1ccc(Cl)cc1. The molecule has 3 rings (SSSR count). The highest BCUT2D eigenvalue weighted by molar-refractivity contribution is 6.30. The van der Waals surface area contributed by atoms with Crippen molar-refractivity contribution in [2.45, 2.75) is 45.4 Å². The van der Waals surface area contributed by atoms with Gasteiger partial charge in [0.15, 0.2) is 0 Å². The largest absolute Gasteiger partial charge is 0.496 e. The third-order valence-corrected chi connectivity index (χ3v) is 6.05. The Kier molecular flexibility index (Phi) is 8.18. The highest BCUT2D eigenvalue weighted by Crippen LogP contribution is 2.31. The molecule has 31 heavy (non-hydrogen) atoms. The second kappa shape index (κ2) is 10.8. The van der Waals surface area contributed by atoms with E-state index < -0.39 is 0 Å². The first-order chi connectivity index (χ1) is 15.0. The number of carbonyl (C=O) groups excluding carboxylic acids is 1. The highest BCUT2D eigenvalue weighted by atomic mass is 35.5. The summed E-state index contributed by atoms with van der Waals surface area (Å²) in [4.78, 5) is 14.9. The maximum absolute atomic E-state index is 12.7. The van der Waals surface area contributed by atoms with Crippen LogP contribution in [0.1, 0.15) is 30.0 Å². The van der Waals surface area contributed by atoms with Crippen molar-refractivity contribution < 1.29 is 14.3 Å². The lowest BCUT2D eigenvalue weighted by Crippen LogP contribution is -2.42. The molecule has 168 valence electrons. The average molecular weight is 446 g/mol. The van der Waals surface area contributed by atoms with Gasteiger partial charge in [0.1, 0.15) is 11.5 Å². The molecule has 6 nitrogen and oxygen atoms in total. The molecule has 0 spiro atoms. The van der Waals surface area contributed by atoms with Gasteiger partial charge >= 0.3 is 0 Å². The molecule has 1 aliphatic heterocycles. The number of likely N-dealkylation sites (tertiary alicyclic amines) is 1. The molecule has 0 aromatic heterocycles. The molecule has 2 aromatic carbocycles. The van der Waals surface area contributed by atoms with Crippen molar-refractivity contribution in [2.24, 2.45) is 0 Å². The van der Waals surface area contributed by atoms with Crippen LogP contribution in [0.15, 0.2) is 36.4 Å².